The Hall–Kier alpha value is -6.74. The van der Waals surface area contributed by atoms with E-state index in [1.165, 1.54) is 86.6 Å². The van der Waals surface area contributed by atoms with Gasteiger partial charge in [0.05, 0.1) is 0 Å². The highest BCUT2D eigenvalue weighted by molar-refractivity contribution is 7.26. The minimum Gasteiger partial charge on any atom is -0.310 e. The van der Waals surface area contributed by atoms with Gasteiger partial charge < -0.3 is 4.90 Å². The van der Waals surface area contributed by atoms with E-state index in [0.29, 0.717) is 0 Å². The third kappa shape index (κ3) is 5.59. The lowest BCUT2D eigenvalue weighted by Crippen LogP contribution is -2.16. The Morgan fingerprint density at radius 1 is 0.368 bits per heavy atom. The van der Waals surface area contributed by atoms with Crippen molar-refractivity contribution in [1.82, 2.24) is 0 Å². The molecule has 11 rings (SSSR count). The summed E-state index contributed by atoms with van der Waals surface area (Å²) < 4.78 is 2.62. The normalized spacial score (nSPS) is 12.9. The van der Waals surface area contributed by atoms with Crippen molar-refractivity contribution in [2.45, 2.75) is 19.3 Å². The van der Waals surface area contributed by atoms with E-state index in [9.17, 15) is 0 Å². The quantitative estimate of drug-likeness (QED) is 0.164. The Balaban J connectivity index is 1.06. The molecule has 0 saturated heterocycles. The third-order valence-electron chi connectivity index (χ3n) is 12.1. The van der Waals surface area contributed by atoms with Crippen molar-refractivity contribution in [1.29, 1.82) is 0 Å². The summed E-state index contributed by atoms with van der Waals surface area (Å²) in [4.78, 5) is 2.45. The highest BCUT2D eigenvalue weighted by Crippen LogP contribution is 2.52. The Kier molecular flexibility index (Phi) is 7.77. The number of fused-ring (bicyclic) bond motifs is 7. The predicted octanol–water partition coefficient (Wildman–Crippen LogP) is 16.0. The summed E-state index contributed by atoms with van der Waals surface area (Å²) in [5, 5.41) is 5.09. The number of hydrogen-bond acceptors (Lipinski definition) is 2. The molecule has 10 aromatic rings. The zero-order valence-corrected chi connectivity index (χ0v) is 32.7. The summed E-state index contributed by atoms with van der Waals surface area (Å²) in [7, 11) is 0. The summed E-state index contributed by atoms with van der Waals surface area (Å²) >= 11 is 1.89. The average molecular weight is 746 g/mol. The van der Waals surface area contributed by atoms with Crippen LogP contribution in [0.4, 0.5) is 17.1 Å². The van der Waals surface area contributed by atoms with Crippen LogP contribution in [0.1, 0.15) is 25.0 Å². The molecule has 0 radical (unpaired) electrons. The molecule has 0 saturated carbocycles. The van der Waals surface area contributed by atoms with Gasteiger partial charge in [-0.05, 0) is 121 Å². The second-order valence-corrected chi connectivity index (χ2v) is 16.8. The standard InChI is InChI=1S/C55H39NS/c1-55(2)51-30-24-42(36-12-5-3-6-13-36)33-49(51)47-29-27-45(35-52(47)55)56(43-25-22-38(23-26-43)41-21-20-37-14-9-10-17-40(37)32-41)44-28-31-53-50(34-44)48-19-11-18-46(54(48)57-53)39-15-7-4-8-16-39/h3-35H,1-2H3. The van der Waals surface area contributed by atoms with E-state index in [-0.39, 0.29) is 5.41 Å². The first-order valence-electron chi connectivity index (χ1n) is 19.7. The van der Waals surface area contributed by atoms with E-state index < -0.39 is 0 Å². The van der Waals surface area contributed by atoms with Crippen LogP contribution in [0.5, 0.6) is 0 Å². The molecule has 0 amide bonds. The van der Waals surface area contributed by atoms with Gasteiger partial charge in [0.15, 0.2) is 0 Å². The van der Waals surface area contributed by atoms with Gasteiger partial charge in [-0.25, -0.2) is 0 Å². The van der Waals surface area contributed by atoms with E-state index in [4.69, 9.17) is 0 Å². The van der Waals surface area contributed by atoms with Gasteiger partial charge in [-0.3, -0.25) is 0 Å². The number of nitrogens with zero attached hydrogens (tertiary/aromatic N) is 1. The van der Waals surface area contributed by atoms with Crippen molar-refractivity contribution in [3.8, 4) is 44.5 Å². The number of rotatable bonds is 6. The predicted molar refractivity (Wildman–Crippen MR) is 245 cm³/mol. The van der Waals surface area contributed by atoms with Crippen molar-refractivity contribution >= 4 is 59.3 Å². The summed E-state index contributed by atoms with van der Waals surface area (Å²) in [5.41, 5.74) is 16.1. The smallest absolute Gasteiger partial charge is 0.0468 e. The molecule has 1 aliphatic rings. The highest BCUT2D eigenvalue weighted by Gasteiger charge is 2.36. The van der Waals surface area contributed by atoms with Gasteiger partial charge in [0.2, 0.25) is 0 Å². The topological polar surface area (TPSA) is 3.24 Å². The van der Waals surface area contributed by atoms with Crippen LogP contribution in [0.2, 0.25) is 0 Å². The molecule has 0 atom stereocenters. The van der Waals surface area contributed by atoms with Gasteiger partial charge in [0.1, 0.15) is 0 Å². The Labute approximate surface area is 337 Å². The van der Waals surface area contributed by atoms with E-state index in [1.807, 2.05) is 11.3 Å². The van der Waals surface area contributed by atoms with E-state index in [1.54, 1.807) is 0 Å². The first-order valence-corrected chi connectivity index (χ1v) is 20.6. The lowest BCUT2D eigenvalue weighted by atomic mass is 9.82. The summed E-state index contributed by atoms with van der Waals surface area (Å²) in [6.07, 6.45) is 0. The molecule has 0 unspecified atom stereocenters. The lowest BCUT2D eigenvalue weighted by Gasteiger charge is -2.28. The largest absolute Gasteiger partial charge is 0.310 e. The van der Waals surface area contributed by atoms with Crippen molar-refractivity contribution in [3.05, 3.63) is 211 Å². The molecule has 0 fully saturated rings. The van der Waals surface area contributed by atoms with Crippen molar-refractivity contribution < 1.29 is 0 Å². The molecule has 1 nitrogen and oxygen atoms in total. The van der Waals surface area contributed by atoms with Gasteiger partial charge in [0, 0.05) is 42.6 Å². The molecular weight excluding hydrogens is 707 g/mol. The Bertz CT molecular complexity index is 3140. The maximum Gasteiger partial charge on any atom is 0.0468 e. The van der Waals surface area contributed by atoms with Gasteiger partial charge in [-0.2, -0.15) is 0 Å². The van der Waals surface area contributed by atoms with Crippen LogP contribution in [0.25, 0.3) is 75.5 Å². The van der Waals surface area contributed by atoms with E-state index in [2.05, 4.69) is 219 Å². The zero-order valence-electron chi connectivity index (χ0n) is 31.9. The fourth-order valence-electron chi connectivity index (χ4n) is 9.08. The molecule has 2 heteroatoms. The molecule has 1 heterocycles. The van der Waals surface area contributed by atoms with Gasteiger partial charge in [0.25, 0.3) is 0 Å². The highest BCUT2D eigenvalue weighted by atomic mass is 32.1. The molecule has 9 aromatic carbocycles. The van der Waals surface area contributed by atoms with Crippen LogP contribution >= 0.6 is 11.3 Å². The van der Waals surface area contributed by atoms with Crippen LogP contribution in [0.15, 0.2) is 200 Å². The van der Waals surface area contributed by atoms with Crippen LogP contribution in [-0.2, 0) is 5.41 Å². The van der Waals surface area contributed by atoms with E-state index in [0.717, 1.165) is 17.1 Å². The molecule has 57 heavy (non-hydrogen) atoms. The second kappa shape index (κ2) is 13.2. The molecule has 0 aliphatic heterocycles. The molecule has 0 bridgehead atoms. The second-order valence-electron chi connectivity index (χ2n) is 15.8. The van der Waals surface area contributed by atoms with Crippen LogP contribution in [-0.4, -0.2) is 0 Å². The average Bonchev–Trinajstić information content (AvgIpc) is 3.75. The first-order chi connectivity index (χ1) is 28.0. The van der Waals surface area contributed by atoms with Crippen LogP contribution in [0.3, 0.4) is 0 Å². The zero-order chi connectivity index (χ0) is 38.1. The molecule has 1 aliphatic carbocycles. The Morgan fingerprint density at radius 2 is 1.00 bits per heavy atom. The van der Waals surface area contributed by atoms with Gasteiger partial charge in [-0.1, -0.05) is 159 Å². The maximum absolute atomic E-state index is 2.45. The number of anilines is 3. The van der Waals surface area contributed by atoms with Crippen molar-refractivity contribution in [2.24, 2.45) is 0 Å². The van der Waals surface area contributed by atoms with E-state index >= 15 is 0 Å². The molecular formula is C55H39NS. The summed E-state index contributed by atoms with van der Waals surface area (Å²) in [5.74, 6) is 0. The summed E-state index contributed by atoms with van der Waals surface area (Å²) in [6, 6.07) is 73.8. The van der Waals surface area contributed by atoms with Crippen molar-refractivity contribution in [2.75, 3.05) is 4.90 Å². The summed E-state index contributed by atoms with van der Waals surface area (Å²) in [6.45, 7) is 4.75. The first kappa shape index (κ1) is 33.6. The van der Waals surface area contributed by atoms with Crippen LogP contribution < -0.4 is 4.90 Å². The minimum atomic E-state index is -0.150. The van der Waals surface area contributed by atoms with Gasteiger partial charge >= 0.3 is 0 Å². The fraction of sp³-hybridized carbons (Fsp3) is 0.0545. The minimum absolute atomic E-state index is 0.150. The van der Waals surface area contributed by atoms with Crippen LogP contribution in [0, 0.1) is 0 Å². The fourth-order valence-corrected chi connectivity index (χ4v) is 10.3. The monoisotopic (exact) mass is 745 g/mol. The van der Waals surface area contributed by atoms with Crippen molar-refractivity contribution in [3.63, 3.8) is 0 Å². The molecule has 0 spiro atoms. The molecule has 0 N–H and O–H groups in total. The number of benzene rings is 9. The van der Waals surface area contributed by atoms with Gasteiger partial charge in [-0.15, -0.1) is 11.3 Å². The molecule has 270 valence electrons. The lowest BCUT2D eigenvalue weighted by molar-refractivity contribution is 0.660. The number of hydrogen-bond donors (Lipinski definition) is 0. The third-order valence-corrected chi connectivity index (χ3v) is 13.3. The SMILES string of the molecule is CC1(C)c2ccc(-c3ccccc3)cc2-c2ccc(N(c3ccc(-c4ccc5ccccc5c4)cc3)c3ccc4sc5c(-c6ccccc6)cccc5c4c3)cc21. The Morgan fingerprint density at radius 3 is 1.81 bits per heavy atom. The number of thiophene rings is 1. The molecule has 1 aromatic heterocycles. The maximum atomic E-state index is 2.45.